The number of aromatic nitrogens is 3. The van der Waals surface area contributed by atoms with Gasteiger partial charge < -0.3 is 14.5 Å². The van der Waals surface area contributed by atoms with Crippen LogP contribution in [0, 0.1) is 0 Å². The van der Waals surface area contributed by atoms with E-state index < -0.39 is 11.7 Å². The summed E-state index contributed by atoms with van der Waals surface area (Å²) in [6.45, 7) is 3.88. The second-order valence-electron chi connectivity index (χ2n) is 5.92. The van der Waals surface area contributed by atoms with Crippen molar-refractivity contribution in [3.05, 3.63) is 70.8 Å². The number of carbonyl (C=O) groups excluding carboxylic acids is 1. The number of thioether (sulfide) groups is 1. The third kappa shape index (κ3) is 5.74. The van der Waals surface area contributed by atoms with E-state index in [1.54, 1.807) is 48.7 Å². The molecule has 156 valence electrons. The van der Waals surface area contributed by atoms with Crippen LogP contribution in [0.1, 0.15) is 0 Å². The van der Waals surface area contributed by atoms with Gasteiger partial charge in [0.15, 0.2) is 0 Å². The molecule has 0 fully saturated rings. The molecule has 8 nitrogen and oxygen atoms in total. The van der Waals surface area contributed by atoms with Crippen LogP contribution in [0.2, 0.25) is 5.02 Å². The highest BCUT2D eigenvalue weighted by atomic mass is 35.5. The topological polar surface area (TPSA) is 99.3 Å². The summed E-state index contributed by atoms with van der Waals surface area (Å²) in [6, 6.07) is 10.5. The van der Waals surface area contributed by atoms with Crippen molar-refractivity contribution in [2.75, 3.05) is 18.9 Å². The van der Waals surface area contributed by atoms with Crippen LogP contribution in [0.3, 0.4) is 0 Å². The van der Waals surface area contributed by atoms with Gasteiger partial charge in [0.2, 0.25) is 5.91 Å². The van der Waals surface area contributed by atoms with Gasteiger partial charge in [0.05, 0.1) is 17.1 Å². The van der Waals surface area contributed by atoms with Crippen LogP contribution >= 0.6 is 23.4 Å². The van der Waals surface area contributed by atoms with Crippen LogP contribution in [0.5, 0.6) is 5.75 Å². The molecule has 2 heterocycles. The van der Waals surface area contributed by atoms with E-state index in [1.165, 1.54) is 11.8 Å². The van der Waals surface area contributed by atoms with Crippen molar-refractivity contribution in [2.24, 2.45) is 0 Å². The Balaban J connectivity index is 1.57. The van der Waals surface area contributed by atoms with Crippen LogP contribution in [-0.2, 0) is 11.3 Å². The molecule has 0 aliphatic rings. The smallest absolute Gasteiger partial charge is 0.437 e. The number of hydrogen-bond donors (Lipinski definition) is 1. The number of carbonyl (C=O) groups is 1. The lowest BCUT2D eigenvalue weighted by molar-refractivity contribution is -0.122. The van der Waals surface area contributed by atoms with Gasteiger partial charge in [-0.05, 0) is 24.3 Å². The number of amides is 1. The van der Waals surface area contributed by atoms with E-state index in [0.717, 1.165) is 4.68 Å². The van der Waals surface area contributed by atoms with Gasteiger partial charge in [0.1, 0.15) is 23.9 Å². The number of halogens is 1. The van der Waals surface area contributed by atoms with E-state index in [0.29, 0.717) is 27.1 Å². The van der Waals surface area contributed by atoms with Crippen LogP contribution in [-0.4, -0.2) is 39.6 Å². The lowest BCUT2D eigenvalue weighted by atomic mass is 10.3. The fraction of sp³-hybridized carbons (Fsp3) is 0.200. The molecule has 10 heteroatoms. The molecule has 0 saturated carbocycles. The number of benzene rings is 1. The maximum Gasteiger partial charge on any atom is 0.437 e. The predicted molar refractivity (Wildman–Crippen MR) is 115 cm³/mol. The van der Waals surface area contributed by atoms with Crippen LogP contribution < -0.4 is 15.8 Å². The Bertz CT molecular complexity index is 1080. The average Bonchev–Trinajstić information content (AvgIpc) is 3.11. The number of nitrogens with zero attached hydrogens (tertiary/aromatic N) is 3. The summed E-state index contributed by atoms with van der Waals surface area (Å²) >= 11 is 7.44. The SMILES string of the molecule is C=CCSc1ncccc1-c1nn(CC(=O)NCCOc2ccccc2Cl)c(=O)o1. The highest BCUT2D eigenvalue weighted by Crippen LogP contribution is 2.27. The van der Waals surface area contributed by atoms with Crippen LogP contribution in [0.25, 0.3) is 11.5 Å². The molecular formula is C20H19ClN4O4S. The van der Waals surface area contributed by atoms with E-state index in [2.05, 4.69) is 22.0 Å². The van der Waals surface area contributed by atoms with Crippen molar-refractivity contribution in [2.45, 2.75) is 11.6 Å². The van der Waals surface area contributed by atoms with E-state index in [4.69, 9.17) is 20.8 Å². The summed E-state index contributed by atoms with van der Waals surface area (Å²) in [5.74, 6) is 0.165. The Kier molecular flexibility index (Phi) is 7.69. The van der Waals surface area contributed by atoms with E-state index in [-0.39, 0.29) is 25.6 Å². The summed E-state index contributed by atoms with van der Waals surface area (Å²) in [5.41, 5.74) is 0.578. The zero-order chi connectivity index (χ0) is 21.3. The minimum Gasteiger partial charge on any atom is -0.490 e. The lowest BCUT2D eigenvalue weighted by Gasteiger charge is -2.08. The highest BCUT2D eigenvalue weighted by molar-refractivity contribution is 7.99. The van der Waals surface area contributed by atoms with Crippen LogP contribution in [0.15, 0.2) is 69.5 Å². The number of hydrogen-bond acceptors (Lipinski definition) is 7. The van der Waals surface area contributed by atoms with E-state index in [1.807, 2.05) is 0 Å². The van der Waals surface area contributed by atoms with E-state index in [9.17, 15) is 9.59 Å². The average molecular weight is 447 g/mol. The number of para-hydroxylation sites is 1. The number of nitrogens with one attached hydrogen (secondary N) is 1. The minimum atomic E-state index is -0.726. The van der Waals surface area contributed by atoms with Crippen molar-refractivity contribution in [3.63, 3.8) is 0 Å². The summed E-state index contributed by atoms with van der Waals surface area (Å²) in [4.78, 5) is 28.5. The third-order valence-electron chi connectivity index (χ3n) is 3.76. The van der Waals surface area contributed by atoms with Crippen molar-refractivity contribution < 1.29 is 13.9 Å². The first kappa shape index (κ1) is 21.7. The van der Waals surface area contributed by atoms with Crippen molar-refractivity contribution in [1.29, 1.82) is 0 Å². The van der Waals surface area contributed by atoms with Crippen molar-refractivity contribution >= 4 is 29.3 Å². The number of pyridine rings is 1. The highest BCUT2D eigenvalue weighted by Gasteiger charge is 2.16. The Morgan fingerprint density at radius 2 is 2.17 bits per heavy atom. The number of rotatable bonds is 10. The fourth-order valence-corrected chi connectivity index (χ4v) is 3.34. The molecule has 1 amide bonds. The molecule has 0 unspecified atom stereocenters. The van der Waals surface area contributed by atoms with Gasteiger partial charge in [0.25, 0.3) is 5.89 Å². The molecular weight excluding hydrogens is 428 g/mol. The second kappa shape index (κ2) is 10.7. The van der Waals surface area contributed by atoms with Gasteiger partial charge in [-0.15, -0.1) is 23.4 Å². The van der Waals surface area contributed by atoms with Crippen LogP contribution in [0.4, 0.5) is 0 Å². The van der Waals surface area contributed by atoms with Crippen molar-refractivity contribution in [1.82, 2.24) is 20.1 Å². The maximum absolute atomic E-state index is 12.1. The molecule has 0 radical (unpaired) electrons. The third-order valence-corrected chi connectivity index (χ3v) is 5.07. The monoisotopic (exact) mass is 446 g/mol. The van der Waals surface area contributed by atoms with Gasteiger partial charge in [-0.25, -0.2) is 9.78 Å². The standard InChI is InChI=1S/C20H19ClN4O4S/c1-2-12-30-19-14(6-5-9-23-19)18-24-25(20(27)29-18)13-17(26)22-10-11-28-16-8-4-3-7-15(16)21/h2-9H,1,10-13H2,(H,22,26). The maximum atomic E-state index is 12.1. The minimum absolute atomic E-state index is 0.106. The summed E-state index contributed by atoms with van der Waals surface area (Å²) in [5, 5.41) is 7.94. The molecule has 0 atom stereocenters. The Labute approximate surface area is 181 Å². The zero-order valence-electron chi connectivity index (χ0n) is 15.9. The molecule has 0 spiro atoms. The first-order valence-electron chi connectivity index (χ1n) is 8.99. The molecule has 2 aromatic heterocycles. The molecule has 0 bridgehead atoms. The second-order valence-corrected chi connectivity index (χ2v) is 7.33. The summed E-state index contributed by atoms with van der Waals surface area (Å²) < 4.78 is 11.7. The van der Waals surface area contributed by atoms with Gasteiger partial charge >= 0.3 is 5.76 Å². The van der Waals surface area contributed by atoms with Gasteiger partial charge in [-0.1, -0.05) is 29.8 Å². The van der Waals surface area contributed by atoms with E-state index >= 15 is 0 Å². The lowest BCUT2D eigenvalue weighted by Crippen LogP contribution is -2.34. The molecule has 0 aliphatic heterocycles. The van der Waals surface area contributed by atoms with Crippen molar-refractivity contribution in [3.8, 4) is 17.2 Å². The largest absolute Gasteiger partial charge is 0.490 e. The summed E-state index contributed by atoms with van der Waals surface area (Å²) in [6.07, 6.45) is 3.39. The molecule has 3 rings (SSSR count). The molecule has 30 heavy (non-hydrogen) atoms. The van der Waals surface area contributed by atoms with Gasteiger partial charge in [0, 0.05) is 11.9 Å². The van der Waals surface area contributed by atoms with Gasteiger partial charge in [-0.2, -0.15) is 4.68 Å². The molecule has 1 N–H and O–H groups in total. The first-order chi connectivity index (χ1) is 14.6. The first-order valence-corrected chi connectivity index (χ1v) is 10.4. The fourth-order valence-electron chi connectivity index (χ4n) is 2.43. The number of ether oxygens (including phenoxy) is 1. The zero-order valence-corrected chi connectivity index (χ0v) is 17.5. The summed E-state index contributed by atoms with van der Waals surface area (Å²) in [7, 11) is 0. The molecule has 3 aromatic rings. The van der Waals surface area contributed by atoms with Gasteiger partial charge in [-0.3, -0.25) is 4.79 Å². The Morgan fingerprint density at radius 1 is 1.33 bits per heavy atom. The Hall–Kier alpha value is -3.04. The normalized spacial score (nSPS) is 10.6. The molecule has 0 aliphatic carbocycles. The molecule has 1 aromatic carbocycles. The Morgan fingerprint density at radius 3 is 2.97 bits per heavy atom. The predicted octanol–water partition coefficient (Wildman–Crippen LogP) is 3.03. The quantitative estimate of drug-likeness (QED) is 0.290. The molecule has 0 saturated heterocycles.